The van der Waals surface area contributed by atoms with E-state index in [4.69, 9.17) is 4.42 Å². The third-order valence-corrected chi connectivity index (χ3v) is 5.80. The van der Waals surface area contributed by atoms with Crippen molar-refractivity contribution in [2.24, 2.45) is 0 Å². The van der Waals surface area contributed by atoms with E-state index in [1.54, 1.807) is 24.1 Å². The minimum absolute atomic E-state index is 0.000726. The molecule has 3 nitrogen and oxygen atoms in total. The predicted molar refractivity (Wildman–Crippen MR) is 88.1 cm³/mol. The van der Waals surface area contributed by atoms with Gasteiger partial charge in [0, 0.05) is 17.9 Å². The van der Waals surface area contributed by atoms with Gasteiger partial charge in [0.1, 0.15) is 11.1 Å². The van der Waals surface area contributed by atoms with Crippen molar-refractivity contribution in [1.82, 2.24) is 4.90 Å². The number of halogens is 3. The fourth-order valence-electron chi connectivity index (χ4n) is 2.42. The Bertz CT molecular complexity index is 724. The van der Waals surface area contributed by atoms with E-state index in [9.17, 15) is 18.0 Å². The predicted octanol–water partition coefficient (Wildman–Crippen LogP) is 4.20. The second-order valence-corrected chi connectivity index (χ2v) is 7.32. The zero-order valence-corrected chi connectivity index (χ0v) is 14.1. The Balaban J connectivity index is 1.65. The minimum atomic E-state index is -1.50. The van der Waals surface area contributed by atoms with Gasteiger partial charge in [0.25, 0.3) is 0 Å². The molecule has 0 bridgehead atoms. The van der Waals surface area contributed by atoms with E-state index >= 15 is 0 Å². The molecule has 3 rings (SSSR count). The van der Waals surface area contributed by atoms with Gasteiger partial charge in [-0.2, -0.15) is 11.8 Å². The molecule has 24 heavy (non-hydrogen) atoms. The molecule has 1 unspecified atom stereocenters. The van der Waals surface area contributed by atoms with Gasteiger partial charge in [0.2, 0.25) is 5.91 Å². The lowest BCUT2D eigenvalue weighted by atomic mass is 10.1. The van der Waals surface area contributed by atoms with Crippen LogP contribution in [0.2, 0.25) is 0 Å². The number of carbonyl (C=O) groups excluding carboxylic acids is 1. The Morgan fingerprint density at radius 1 is 1.25 bits per heavy atom. The van der Waals surface area contributed by atoms with Crippen molar-refractivity contribution in [2.45, 2.75) is 11.1 Å². The summed E-state index contributed by atoms with van der Waals surface area (Å²) in [4.78, 5) is 13.5. The third-order valence-electron chi connectivity index (χ3n) is 3.60. The summed E-state index contributed by atoms with van der Waals surface area (Å²) < 4.78 is 45.8. The summed E-state index contributed by atoms with van der Waals surface area (Å²) in [5.41, 5.74) is 0.000726. The first-order chi connectivity index (χ1) is 11.6. The molecule has 2 heterocycles. The van der Waals surface area contributed by atoms with Crippen molar-refractivity contribution in [3.63, 3.8) is 0 Å². The lowest BCUT2D eigenvalue weighted by Crippen LogP contribution is -2.31. The van der Waals surface area contributed by atoms with Gasteiger partial charge in [0.15, 0.2) is 17.5 Å². The summed E-state index contributed by atoms with van der Waals surface area (Å²) in [6.45, 7) is 0.403. The zero-order valence-electron chi connectivity index (χ0n) is 12.5. The molecule has 2 aromatic rings. The summed E-state index contributed by atoms with van der Waals surface area (Å²) in [6, 6.07) is 5.76. The fraction of sp³-hybridized carbons (Fsp3) is 0.312. The molecule has 1 aromatic heterocycles. The molecule has 0 spiro atoms. The topological polar surface area (TPSA) is 33.5 Å². The average molecular weight is 373 g/mol. The van der Waals surface area contributed by atoms with Crippen molar-refractivity contribution < 1.29 is 22.4 Å². The van der Waals surface area contributed by atoms with E-state index < -0.39 is 22.8 Å². The maximum Gasteiger partial charge on any atom is 0.233 e. The average Bonchev–Trinajstić information content (AvgIpc) is 3.20. The highest BCUT2D eigenvalue weighted by Gasteiger charge is 2.35. The van der Waals surface area contributed by atoms with Crippen LogP contribution in [0.4, 0.5) is 13.2 Å². The molecular weight excluding hydrogens is 359 g/mol. The number of benzene rings is 1. The SMILES string of the molecule is O=C1CSC(c2ccc(F)c(F)c2F)N1CCSCc1ccco1. The van der Waals surface area contributed by atoms with E-state index in [2.05, 4.69) is 0 Å². The largest absolute Gasteiger partial charge is 0.468 e. The maximum atomic E-state index is 14.0. The van der Waals surface area contributed by atoms with Crippen LogP contribution < -0.4 is 0 Å². The lowest BCUT2D eigenvalue weighted by Gasteiger charge is -2.24. The highest BCUT2D eigenvalue weighted by molar-refractivity contribution is 8.00. The molecule has 8 heteroatoms. The number of thioether (sulfide) groups is 2. The van der Waals surface area contributed by atoms with Crippen molar-refractivity contribution >= 4 is 29.4 Å². The molecular formula is C16H14F3NO2S2. The number of furan rings is 1. The molecule has 1 aliphatic heterocycles. The van der Waals surface area contributed by atoms with Crippen LogP contribution in [0, 0.1) is 17.5 Å². The van der Waals surface area contributed by atoms with Gasteiger partial charge in [-0.3, -0.25) is 4.79 Å². The van der Waals surface area contributed by atoms with Gasteiger partial charge < -0.3 is 9.32 Å². The van der Waals surface area contributed by atoms with Crippen molar-refractivity contribution in [1.29, 1.82) is 0 Å². The van der Waals surface area contributed by atoms with Gasteiger partial charge in [-0.1, -0.05) is 6.07 Å². The van der Waals surface area contributed by atoms with Gasteiger partial charge in [-0.15, -0.1) is 11.8 Å². The van der Waals surface area contributed by atoms with Gasteiger partial charge in [0.05, 0.1) is 17.8 Å². The van der Waals surface area contributed by atoms with Crippen LogP contribution in [0.5, 0.6) is 0 Å². The molecule has 1 fully saturated rings. The van der Waals surface area contributed by atoms with Crippen molar-refractivity contribution in [2.75, 3.05) is 18.1 Å². The number of rotatable bonds is 6. The number of hydrogen-bond donors (Lipinski definition) is 0. The summed E-state index contributed by atoms with van der Waals surface area (Å²) >= 11 is 2.80. The Morgan fingerprint density at radius 2 is 2.08 bits per heavy atom. The third kappa shape index (κ3) is 3.59. The first kappa shape index (κ1) is 17.3. The number of amides is 1. The van der Waals surface area contributed by atoms with E-state index in [-0.39, 0.29) is 17.2 Å². The second-order valence-electron chi connectivity index (χ2n) is 5.15. The summed E-state index contributed by atoms with van der Waals surface area (Å²) in [5.74, 6) is -1.74. The monoisotopic (exact) mass is 373 g/mol. The molecule has 1 aliphatic rings. The van der Waals surface area contributed by atoms with Gasteiger partial charge >= 0.3 is 0 Å². The standard InChI is InChI=1S/C16H14F3NO2S2/c17-12-4-3-11(14(18)15(12)19)16-20(13(21)9-24-16)5-7-23-8-10-2-1-6-22-10/h1-4,6,16H,5,7-9H2. The zero-order chi connectivity index (χ0) is 17.1. The summed E-state index contributed by atoms with van der Waals surface area (Å²) in [5, 5.41) is -0.628. The van der Waals surface area contributed by atoms with E-state index in [0.29, 0.717) is 18.1 Å². The summed E-state index contributed by atoms with van der Waals surface area (Å²) in [7, 11) is 0. The molecule has 0 saturated carbocycles. The normalized spacial score (nSPS) is 17.7. The van der Waals surface area contributed by atoms with E-state index in [1.165, 1.54) is 22.7 Å². The van der Waals surface area contributed by atoms with Crippen LogP contribution in [0.1, 0.15) is 16.7 Å². The molecule has 1 atom stereocenters. The van der Waals surface area contributed by atoms with Crippen molar-refractivity contribution in [3.05, 3.63) is 59.3 Å². The Hall–Kier alpha value is -1.54. The number of carbonyl (C=O) groups is 1. The van der Waals surface area contributed by atoms with Crippen LogP contribution in [0.25, 0.3) is 0 Å². The van der Waals surface area contributed by atoms with Gasteiger partial charge in [-0.05, 0) is 18.2 Å². The number of nitrogens with zero attached hydrogens (tertiary/aromatic N) is 1. The van der Waals surface area contributed by atoms with Crippen LogP contribution in [-0.4, -0.2) is 28.9 Å². The molecule has 128 valence electrons. The fourth-order valence-corrected chi connectivity index (χ4v) is 4.48. The van der Waals surface area contributed by atoms with E-state index in [1.807, 2.05) is 6.07 Å². The maximum absolute atomic E-state index is 14.0. The van der Waals surface area contributed by atoms with E-state index in [0.717, 1.165) is 11.8 Å². The Labute approximate surface area is 145 Å². The quantitative estimate of drug-likeness (QED) is 0.561. The highest BCUT2D eigenvalue weighted by Crippen LogP contribution is 2.40. The molecule has 0 N–H and O–H groups in total. The molecule has 1 saturated heterocycles. The van der Waals surface area contributed by atoms with Gasteiger partial charge in [-0.25, -0.2) is 13.2 Å². The second kappa shape index (κ2) is 7.57. The van der Waals surface area contributed by atoms with Crippen LogP contribution in [0.3, 0.4) is 0 Å². The Kier molecular flexibility index (Phi) is 5.45. The first-order valence-electron chi connectivity index (χ1n) is 7.22. The first-order valence-corrected chi connectivity index (χ1v) is 9.43. The smallest absolute Gasteiger partial charge is 0.233 e. The van der Waals surface area contributed by atoms with Crippen molar-refractivity contribution in [3.8, 4) is 0 Å². The summed E-state index contributed by atoms with van der Waals surface area (Å²) in [6.07, 6.45) is 1.60. The van der Waals surface area contributed by atoms with Crippen LogP contribution in [0.15, 0.2) is 34.9 Å². The van der Waals surface area contributed by atoms with Crippen LogP contribution in [-0.2, 0) is 10.5 Å². The highest BCUT2D eigenvalue weighted by atomic mass is 32.2. The molecule has 0 aliphatic carbocycles. The van der Waals surface area contributed by atoms with Crippen LogP contribution >= 0.6 is 23.5 Å². The molecule has 1 amide bonds. The minimum Gasteiger partial charge on any atom is -0.468 e. The lowest BCUT2D eigenvalue weighted by molar-refractivity contribution is -0.127. The Morgan fingerprint density at radius 3 is 2.83 bits per heavy atom. The molecule has 0 radical (unpaired) electrons. The molecule has 1 aromatic carbocycles. The number of hydrogen-bond acceptors (Lipinski definition) is 4.